The first-order valence-electron chi connectivity index (χ1n) is 6.36. The first-order chi connectivity index (χ1) is 10.2. The minimum atomic E-state index is -0.254. The lowest BCUT2D eigenvalue weighted by molar-refractivity contribution is 0.629. The van der Waals surface area contributed by atoms with Crippen LogP contribution in [0.3, 0.4) is 0 Å². The zero-order valence-corrected chi connectivity index (χ0v) is 14.0. The first kappa shape index (κ1) is 14.8. The Bertz CT molecular complexity index is 768. The predicted octanol–water partition coefficient (Wildman–Crippen LogP) is 4.06. The molecule has 4 nitrogen and oxygen atoms in total. The molecule has 0 amide bonds. The molecule has 0 bridgehead atoms. The van der Waals surface area contributed by atoms with Crippen molar-refractivity contribution < 1.29 is 4.39 Å². The summed E-state index contributed by atoms with van der Waals surface area (Å²) in [5, 5.41) is 8.22. The van der Waals surface area contributed by atoms with Gasteiger partial charge in [0.05, 0.1) is 16.8 Å². The Hall–Kier alpha value is -1.12. The van der Waals surface area contributed by atoms with Gasteiger partial charge in [-0.2, -0.15) is 0 Å². The van der Waals surface area contributed by atoms with Crippen molar-refractivity contribution in [3.63, 3.8) is 0 Å². The molecule has 0 saturated heterocycles. The lowest BCUT2D eigenvalue weighted by atomic mass is 10.3. The van der Waals surface area contributed by atoms with Gasteiger partial charge in [0, 0.05) is 12.6 Å². The summed E-state index contributed by atoms with van der Waals surface area (Å²) < 4.78 is 17.3. The van der Waals surface area contributed by atoms with Crippen LogP contribution in [0.15, 0.2) is 26.9 Å². The van der Waals surface area contributed by atoms with Crippen molar-refractivity contribution >= 4 is 45.9 Å². The number of rotatable bonds is 5. The molecule has 0 atom stereocenters. The summed E-state index contributed by atoms with van der Waals surface area (Å²) in [5.41, 5.74) is 1.67. The van der Waals surface area contributed by atoms with Crippen LogP contribution in [0.2, 0.25) is 0 Å². The normalized spacial score (nSPS) is 11.4. The van der Waals surface area contributed by atoms with Crippen molar-refractivity contribution in [1.29, 1.82) is 0 Å². The van der Waals surface area contributed by atoms with E-state index >= 15 is 0 Å². The molecular formula is C13H13FN4S3. The molecule has 2 heterocycles. The molecule has 1 aromatic carbocycles. The van der Waals surface area contributed by atoms with E-state index in [-0.39, 0.29) is 5.82 Å². The van der Waals surface area contributed by atoms with E-state index in [2.05, 4.69) is 26.7 Å². The second-order valence-corrected chi connectivity index (χ2v) is 7.49. The van der Waals surface area contributed by atoms with E-state index in [1.807, 2.05) is 6.26 Å². The van der Waals surface area contributed by atoms with Crippen LogP contribution >= 0.6 is 34.9 Å². The molecule has 8 heteroatoms. The second-order valence-electron chi connectivity index (χ2n) is 4.23. The van der Waals surface area contributed by atoms with Gasteiger partial charge in [-0.3, -0.25) is 0 Å². The number of fused-ring (bicyclic) bond motifs is 1. The van der Waals surface area contributed by atoms with E-state index in [0.29, 0.717) is 11.3 Å². The minimum Gasteiger partial charge on any atom is -0.328 e. The molecule has 21 heavy (non-hydrogen) atoms. The van der Waals surface area contributed by atoms with E-state index in [1.165, 1.54) is 12.1 Å². The number of hydrogen-bond acceptors (Lipinski definition) is 6. The van der Waals surface area contributed by atoms with E-state index in [9.17, 15) is 4.39 Å². The van der Waals surface area contributed by atoms with Gasteiger partial charge in [0.15, 0.2) is 8.68 Å². The average Bonchev–Trinajstić information content (AvgIpc) is 3.07. The molecular weight excluding hydrogens is 327 g/mol. The van der Waals surface area contributed by atoms with Gasteiger partial charge in [-0.1, -0.05) is 34.9 Å². The van der Waals surface area contributed by atoms with Crippen molar-refractivity contribution in [2.45, 2.75) is 27.9 Å². The summed E-state index contributed by atoms with van der Waals surface area (Å²) in [6, 6.07) is 4.74. The van der Waals surface area contributed by atoms with Gasteiger partial charge in [0.25, 0.3) is 0 Å². The van der Waals surface area contributed by atoms with Crippen LogP contribution in [0.1, 0.15) is 12.7 Å². The second kappa shape index (κ2) is 6.33. The fraction of sp³-hybridized carbons (Fsp3) is 0.308. The number of aryl methyl sites for hydroxylation is 1. The Morgan fingerprint density at radius 3 is 2.81 bits per heavy atom. The molecule has 0 fully saturated rings. The summed E-state index contributed by atoms with van der Waals surface area (Å²) in [6.07, 6.45) is 1.99. The lowest BCUT2D eigenvalue weighted by Crippen LogP contribution is -2.00. The smallest absolute Gasteiger partial charge is 0.175 e. The van der Waals surface area contributed by atoms with Crippen LogP contribution < -0.4 is 0 Å². The molecule has 3 aromatic rings. The van der Waals surface area contributed by atoms with Crippen molar-refractivity contribution in [3.05, 3.63) is 29.8 Å². The van der Waals surface area contributed by atoms with Gasteiger partial charge in [0.1, 0.15) is 11.6 Å². The van der Waals surface area contributed by atoms with Crippen molar-refractivity contribution in [3.8, 4) is 0 Å². The molecule has 0 saturated carbocycles. The summed E-state index contributed by atoms with van der Waals surface area (Å²) >= 11 is 4.79. The Kier molecular flexibility index (Phi) is 4.46. The van der Waals surface area contributed by atoms with Crippen molar-refractivity contribution in [2.24, 2.45) is 0 Å². The monoisotopic (exact) mass is 340 g/mol. The van der Waals surface area contributed by atoms with E-state index in [4.69, 9.17) is 0 Å². The zero-order chi connectivity index (χ0) is 14.8. The van der Waals surface area contributed by atoms with E-state index in [0.717, 1.165) is 26.6 Å². The van der Waals surface area contributed by atoms with E-state index < -0.39 is 0 Å². The maximum atomic E-state index is 13.3. The third-order valence-electron chi connectivity index (χ3n) is 2.99. The zero-order valence-electron chi connectivity index (χ0n) is 11.5. The summed E-state index contributed by atoms with van der Waals surface area (Å²) in [4.78, 5) is 4.54. The van der Waals surface area contributed by atoms with Crippen molar-refractivity contribution in [2.75, 3.05) is 6.26 Å². The molecule has 0 unspecified atom stereocenters. The highest BCUT2D eigenvalue weighted by molar-refractivity contribution is 8.02. The third kappa shape index (κ3) is 3.07. The van der Waals surface area contributed by atoms with Crippen molar-refractivity contribution in [1.82, 2.24) is 19.7 Å². The van der Waals surface area contributed by atoms with Crippen LogP contribution in [0, 0.1) is 5.82 Å². The minimum absolute atomic E-state index is 0.254. The number of hydrogen-bond donors (Lipinski definition) is 0. The Balaban J connectivity index is 1.85. The molecule has 0 radical (unpaired) electrons. The Morgan fingerprint density at radius 2 is 2.10 bits per heavy atom. The number of nitrogens with zero attached hydrogens (tertiary/aromatic N) is 4. The highest BCUT2D eigenvalue weighted by Gasteiger charge is 2.12. The fourth-order valence-corrected chi connectivity index (χ4v) is 4.46. The third-order valence-corrected chi connectivity index (χ3v) is 6.02. The molecule has 110 valence electrons. The van der Waals surface area contributed by atoms with Crippen LogP contribution in [0.25, 0.3) is 11.0 Å². The van der Waals surface area contributed by atoms with Crippen LogP contribution in [-0.2, 0) is 12.3 Å². The first-order valence-corrected chi connectivity index (χ1v) is 9.39. The fourth-order valence-electron chi connectivity index (χ4n) is 2.08. The van der Waals surface area contributed by atoms with Crippen LogP contribution in [0.5, 0.6) is 0 Å². The predicted molar refractivity (Wildman–Crippen MR) is 86.6 cm³/mol. The molecule has 0 spiro atoms. The Labute approximate surface area is 134 Å². The van der Waals surface area contributed by atoms with Gasteiger partial charge >= 0.3 is 0 Å². The summed E-state index contributed by atoms with van der Waals surface area (Å²) in [7, 11) is 0. The Morgan fingerprint density at radius 1 is 1.29 bits per heavy atom. The summed E-state index contributed by atoms with van der Waals surface area (Å²) in [6.45, 7) is 2.87. The topological polar surface area (TPSA) is 43.6 Å². The van der Waals surface area contributed by atoms with Gasteiger partial charge in [0.2, 0.25) is 0 Å². The maximum Gasteiger partial charge on any atom is 0.175 e. The number of imidazole rings is 1. The molecule has 0 aliphatic heterocycles. The van der Waals surface area contributed by atoms with Crippen LogP contribution in [0.4, 0.5) is 4.39 Å². The number of benzene rings is 1. The van der Waals surface area contributed by atoms with Crippen LogP contribution in [-0.4, -0.2) is 26.0 Å². The highest BCUT2D eigenvalue weighted by Crippen LogP contribution is 2.30. The number of halogens is 1. The number of thioether (sulfide) groups is 2. The standard InChI is InChI=1S/C13H13FN4S3/c1-3-18-10-5-4-8(14)6-9(10)15-11(18)7-20-13-17-16-12(19-2)21-13/h4-6H,3,7H2,1-2H3. The van der Waals surface area contributed by atoms with Gasteiger partial charge in [-0.05, 0) is 25.3 Å². The molecule has 0 N–H and O–H groups in total. The average molecular weight is 340 g/mol. The summed E-state index contributed by atoms with van der Waals surface area (Å²) in [5.74, 6) is 1.38. The lowest BCUT2D eigenvalue weighted by Gasteiger charge is -2.04. The molecule has 0 aliphatic carbocycles. The molecule has 3 rings (SSSR count). The number of aromatic nitrogens is 4. The SMILES string of the molecule is CCn1c(CSc2nnc(SC)s2)nc2cc(F)ccc21. The van der Waals surface area contributed by atoms with Gasteiger partial charge < -0.3 is 4.57 Å². The van der Waals surface area contributed by atoms with E-state index in [1.54, 1.807) is 40.9 Å². The van der Waals surface area contributed by atoms with Gasteiger partial charge in [-0.15, -0.1) is 10.2 Å². The quantitative estimate of drug-likeness (QED) is 0.655. The maximum absolute atomic E-state index is 13.3. The largest absolute Gasteiger partial charge is 0.328 e. The molecule has 2 aromatic heterocycles. The molecule has 0 aliphatic rings. The highest BCUT2D eigenvalue weighted by atomic mass is 32.2. The van der Waals surface area contributed by atoms with Gasteiger partial charge in [-0.25, -0.2) is 9.37 Å².